The van der Waals surface area contributed by atoms with E-state index in [-0.39, 0.29) is 6.61 Å². The summed E-state index contributed by atoms with van der Waals surface area (Å²) < 4.78 is 24.7. The van der Waals surface area contributed by atoms with Gasteiger partial charge in [0.25, 0.3) is 11.0 Å². The molecule has 0 aliphatic carbocycles. The lowest BCUT2D eigenvalue weighted by Gasteiger charge is -2.22. The summed E-state index contributed by atoms with van der Waals surface area (Å²) in [5.74, 6) is 0. The fourth-order valence-electron chi connectivity index (χ4n) is 0.940. The SMILES string of the molecule is NC(N)(CO[SH](=O)=O)c1cc[c]cc1. The lowest BCUT2D eigenvalue weighted by atomic mass is 10.0. The summed E-state index contributed by atoms with van der Waals surface area (Å²) in [5.41, 5.74) is 10.6. The van der Waals surface area contributed by atoms with E-state index < -0.39 is 16.6 Å². The van der Waals surface area contributed by atoms with E-state index in [4.69, 9.17) is 11.5 Å². The number of benzene rings is 1. The molecule has 0 unspecified atom stereocenters. The molecule has 0 spiro atoms. The summed E-state index contributed by atoms with van der Waals surface area (Å²) in [6.07, 6.45) is 0. The summed E-state index contributed by atoms with van der Waals surface area (Å²) >= 11 is 0. The third kappa shape index (κ3) is 3.08. The van der Waals surface area contributed by atoms with Gasteiger partial charge in [-0.15, -0.1) is 0 Å². The molecule has 14 heavy (non-hydrogen) atoms. The Morgan fingerprint density at radius 2 is 1.93 bits per heavy atom. The van der Waals surface area contributed by atoms with Crippen molar-refractivity contribution in [3.63, 3.8) is 0 Å². The minimum atomic E-state index is -2.92. The second-order valence-corrected chi connectivity index (χ2v) is 3.53. The van der Waals surface area contributed by atoms with E-state index >= 15 is 0 Å². The highest BCUT2D eigenvalue weighted by atomic mass is 32.2. The van der Waals surface area contributed by atoms with Crippen LogP contribution in [-0.2, 0) is 20.8 Å². The summed E-state index contributed by atoms with van der Waals surface area (Å²) in [6, 6.07) is 9.39. The Hall–Kier alpha value is -0.950. The molecule has 0 saturated heterocycles. The van der Waals surface area contributed by atoms with Crippen LogP contribution in [-0.4, -0.2) is 15.0 Å². The Kier molecular flexibility index (Phi) is 3.59. The summed E-state index contributed by atoms with van der Waals surface area (Å²) in [6.45, 7) is -0.282. The topological polar surface area (TPSA) is 95.4 Å². The van der Waals surface area contributed by atoms with Crippen LogP contribution in [0.5, 0.6) is 0 Å². The molecule has 77 valence electrons. The average molecular weight is 215 g/mol. The third-order valence-corrected chi connectivity index (χ3v) is 2.00. The molecule has 0 aliphatic rings. The van der Waals surface area contributed by atoms with Crippen LogP contribution in [0.15, 0.2) is 24.3 Å². The normalized spacial score (nSPS) is 11.9. The van der Waals surface area contributed by atoms with E-state index in [0.717, 1.165) is 0 Å². The van der Waals surface area contributed by atoms with Gasteiger partial charge >= 0.3 is 0 Å². The van der Waals surface area contributed by atoms with Crippen LogP contribution in [0.25, 0.3) is 0 Å². The van der Waals surface area contributed by atoms with Crippen LogP contribution in [0.3, 0.4) is 0 Å². The van der Waals surface area contributed by atoms with Gasteiger partial charge in [-0.05, 0) is 11.6 Å². The van der Waals surface area contributed by atoms with Crippen molar-refractivity contribution >= 4 is 11.0 Å². The maximum Gasteiger partial charge on any atom is 0.257 e. The van der Waals surface area contributed by atoms with Gasteiger partial charge in [-0.2, -0.15) is 0 Å². The van der Waals surface area contributed by atoms with E-state index in [2.05, 4.69) is 10.2 Å². The van der Waals surface area contributed by atoms with E-state index in [1.54, 1.807) is 24.3 Å². The van der Waals surface area contributed by atoms with Gasteiger partial charge in [0.15, 0.2) is 0 Å². The predicted molar refractivity (Wildman–Crippen MR) is 51.6 cm³/mol. The maximum absolute atomic E-state index is 10.2. The Morgan fingerprint density at radius 1 is 1.36 bits per heavy atom. The molecule has 0 amide bonds. The zero-order chi connectivity index (χ0) is 10.6. The van der Waals surface area contributed by atoms with Crippen molar-refractivity contribution in [1.29, 1.82) is 0 Å². The molecule has 0 heterocycles. The highest BCUT2D eigenvalue weighted by Gasteiger charge is 2.22. The van der Waals surface area contributed by atoms with Gasteiger partial charge in [0.2, 0.25) is 0 Å². The van der Waals surface area contributed by atoms with Crippen molar-refractivity contribution in [3.8, 4) is 0 Å². The molecular weight excluding hydrogens is 204 g/mol. The molecule has 0 atom stereocenters. The van der Waals surface area contributed by atoms with Gasteiger partial charge < -0.3 is 11.5 Å². The first kappa shape index (κ1) is 11.1. The Bertz CT molecular complexity index is 354. The third-order valence-electron chi connectivity index (χ3n) is 1.66. The van der Waals surface area contributed by atoms with E-state index in [1.807, 2.05) is 0 Å². The van der Waals surface area contributed by atoms with Gasteiger partial charge in [-0.3, -0.25) is 4.18 Å². The van der Waals surface area contributed by atoms with Gasteiger partial charge in [0.05, 0.1) is 0 Å². The molecule has 1 rings (SSSR count). The largest absolute Gasteiger partial charge is 0.308 e. The second-order valence-electron chi connectivity index (χ2n) is 2.83. The molecule has 1 aromatic carbocycles. The minimum absolute atomic E-state index is 0.282. The summed E-state index contributed by atoms with van der Waals surface area (Å²) in [7, 11) is -2.92. The Morgan fingerprint density at radius 3 is 2.43 bits per heavy atom. The molecule has 0 aliphatic heterocycles. The molecule has 6 heteroatoms. The number of rotatable bonds is 4. The Labute approximate surface area is 83.8 Å². The smallest absolute Gasteiger partial charge is 0.257 e. The van der Waals surface area contributed by atoms with Crippen molar-refractivity contribution < 1.29 is 12.6 Å². The molecule has 0 bridgehead atoms. The zero-order valence-corrected chi connectivity index (χ0v) is 8.24. The van der Waals surface area contributed by atoms with Crippen LogP contribution in [0, 0.1) is 6.07 Å². The lowest BCUT2D eigenvalue weighted by molar-refractivity contribution is 0.236. The first-order chi connectivity index (χ1) is 6.52. The van der Waals surface area contributed by atoms with Crippen LogP contribution < -0.4 is 11.5 Å². The molecule has 4 N–H and O–H groups in total. The molecule has 5 nitrogen and oxygen atoms in total. The van der Waals surface area contributed by atoms with Gasteiger partial charge in [-0.1, -0.05) is 24.3 Å². The molecule has 1 aromatic rings. The Balaban J connectivity index is 2.75. The van der Waals surface area contributed by atoms with E-state index in [9.17, 15) is 8.42 Å². The predicted octanol–water partition coefficient (Wildman–Crippen LogP) is -0.900. The first-order valence-corrected chi connectivity index (χ1v) is 4.93. The number of thiol groups is 1. The van der Waals surface area contributed by atoms with Crippen LogP contribution >= 0.6 is 0 Å². The van der Waals surface area contributed by atoms with E-state index in [0.29, 0.717) is 5.56 Å². The summed E-state index contributed by atoms with van der Waals surface area (Å²) in [4.78, 5) is 0. The molecule has 0 saturated carbocycles. The van der Waals surface area contributed by atoms with Gasteiger partial charge in [0.1, 0.15) is 12.3 Å². The molecule has 0 fully saturated rings. The molecule has 0 aromatic heterocycles. The summed E-state index contributed by atoms with van der Waals surface area (Å²) in [5, 5.41) is 0. The number of hydrogen-bond donors (Lipinski definition) is 3. The number of hydrogen-bond acceptors (Lipinski definition) is 5. The average Bonchev–Trinajstić information content (AvgIpc) is 2.16. The van der Waals surface area contributed by atoms with Crippen LogP contribution in [0.2, 0.25) is 0 Å². The lowest BCUT2D eigenvalue weighted by Crippen LogP contribution is -2.50. The fourth-order valence-corrected chi connectivity index (χ4v) is 1.26. The van der Waals surface area contributed by atoms with Gasteiger partial charge in [-0.25, -0.2) is 8.42 Å². The zero-order valence-electron chi connectivity index (χ0n) is 7.34. The van der Waals surface area contributed by atoms with E-state index in [1.165, 1.54) is 0 Å². The minimum Gasteiger partial charge on any atom is -0.308 e. The quantitative estimate of drug-likeness (QED) is 0.447. The van der Waals surface area contributed by atoms with Gasteiger partial charge in [0, 0.05) is 0 Å². The monoisotopic (exact) mass is 215 g/mol. The van der Waals surface area contributed by atoms with Crippen molar-refractivity contribution in [3.05, 3.63) is 35.9 Å². The first-order valence-electron chi connectivity index (χ1n) is 3.84. The second kappa shape index (κ2) is 4.52. The van der Waals surface area contributed by atoms with Crippen LogP contribution in [0.4, 0.5) is 0 Å². The van der Waals surface area contributed by atoms with Crippen molar-refractivity contribution in [2.45, 2.75) is 5.66 Å². The van der Waals surface area contributed by atoms with Crippen molar-refractivity contribution in [1.82, 2.24) is 0 Å². The highest BCUT2D eigenvalue weighted by Crippen LogP contribution is 2.11. The molecule has 1 radical (unpaired) electrons. The maximum atomic E-state index is 10.2. The standard InChI is InChI=1S/C8H11N2O3S/c9-8(10,6-13-14(11)12)7-4-2-1-3-5-7/h2-5,14H,6,9-10H2. The van der Waals surface area contributed by atoms with Crippen molar-refractivity contribution in [2.75, 3.05) is 6.61 Å². The highest BCUT2D eigenvalue weighted by molar-refractivity contribution is 7.67. The van der Waals surface area contributed by atoms with Crippen molar-refractivity contribution in [2.24, 2.45) is 11.5 Å². The number of nitrogens with two attached hydrogens (primary N) is 2. The fraction of sp³-hybridized carbons (Fsp3) is 0.250. The molecular formula is C8H11N2O3S. The van der Waals surface area contributed by atoms with Crippen LogP contribution in [0.1, 0.15) is 5.56 Å².